The van der Waals surface area contributed by atoms with Gasteiger partial charge in [-0.05, 0) is 27.2 Å². The van der Waals surface area contributed by atoms with Crippen LogP contribution in [0.1, 0.15) is 40.0 Å². The van der Waals surface area contributed by atoms with E-state index in [-0.39, 0.29) is 6.42 Å². The Morgan fingerprint density at radius 3 is 2.71 bits per heavy atom. The second kappa shape index (κ2) is 5.16. The van der Waals surface area contributed by atoms with Crippen molar-refractivity contribution >= 4 is 17.7 Å². The molecule has 1 heterocycles. The fourth-order valence-electron chi connectivity index (χ4n) is 1.32. The van der Waals surface area contributed by atoms with Crippen molar-refractivity contribution in [1.29, 1.82) is 0 Å². The van der Waals surface area contributed by atoms with E-state index < -0.39 is 23.6 Å². The van der Waals surface area contributed by atoms with Gasteiger partial charge in [-0.15, -0.1) is 0 Å². The molecule has 0 spiro atoms. The number of esters is 1. The van der Waals surface area contributed by atoms with Crippen LogP contribution in [0.15, 0.2) is 5.16 Å². The summed E-state index contributed by atoms with van der Waals surface area (Å²) in [5, 5.41) is 12.2. The molecule has 96 valence electrons. The van der Waals surface area contributed by atoms with Crippen LogP contribution in [0.2, 0.25) is 0 Å². The molecule has 0 aromatic carbocycles. The van der Waals surface area contributed by atoms with E-state index in [0.29, 0.717) is 18.6 Å². The molecular formula is C11H17NO5. The maximum Gasteiger partial charge on any atom is 0.351 e. The van der Waals surface area contributed by atoms with Crippen molar-refractivity contribution in [2.75, 3.05) is 0 Å². The van der Waals surface area contributed by atoms with Crippen LogP contribution in [0.5, 0.6) is 0 Å². The second-order valence-corrected chi connectivity index (χ2v) is 4.88. The molecule has 1 rings (SSSR count). The Hall–Kier alpha value is -1.59. The predicted octanol–water partition coefficient (Wildman–Crippen LogP) is 1.34. The van der Waals surface area contributed by atoms with Crippen LogP contribution in [-0.4, -0.2) is 34.5 Å². The molecule has 0 saturated carbocycles. The number of ether oxygens (including phenoxy) is 1. The molecule has 0 bridgehead atoms. The Labute approximate surface area is 99.6 Å². The van der Waals surface area contributed by atoms with Crippen LogP contribution in [0.4, 0.5) is 0 Å². The summed E-state index contributed by atoms with van der Waals surface area (Å²) in [6.45, 7) is 5.31. The Bertz CT molecular complexity index is 342. The lowest BCUT2D eigenvalue weighted by Crippen LogP contribution is -2.31. The van der Waals surface area contributed by atoms with Gasteiger partial charge in [-0.3, -0.25) is 4.79 Å². The summed E-state index contributed by atoms with van der Waals surface area (Å²) >= 11 is 0. The van der Waals surface area contributed by atoms with E-state index >= 15 is 0 Å². The normalized spacial score (nSPS) is 19.5. The highest BCUT2D eigenvalue weighted by Gasteiger charge is 2.32. The second-order valence-electron chi connectivity index (χ2n) is 4.88. The average molecular weight is 243 g/mol. The zero-order chi connectivity index (χ0) is 13.1. The first-order chi connectivity index (χ1) is 7.78. The molecule has 1 aliphatic rings. The van der Waals surface area contributed by atoms with Crippen LogP contribution >= 0.6 is 0 Å². The molecule has 0 aliphatic carbocycles. The highest BCUT2D eigenvalue weighted by molar-refractivity contribution is 5.92. The van der Waals surface area contributed by atoms with Crippen LogP contribution < -0.4 is 0 Å². The predicted molar refractivity (Wildman–Crippen MR) is 59.6 cm³/mol. The van der Waals surface area contributed by atoms with Crippen molar-refractivity contribution in [2.45, 2.75) is 51.7 Å². The van der Waals surface area contributed by atoms with E-state index in [1.54, 1.807) is 20.8 Å². The SMILES string of the molecule is CC(C)(C)OC(=O)C1CC(CCC(=O)O)=NO1. The van der Waals surface area contributed by atoms with Crippen LogP contribution in [0.25, 0.3) is 0 Å². The monoisotopic (exact) mass is 243 g/mol. The van der Waals surface area contributed by atoms with Crippen LogP contribution in [-0.2, 0) is 19.2 Å². The number of hydrogen-bond donors (Lipinski definition) is 1. The number of nitrogens with zero attached hydrogens (tertiary/aromatic N) is 1. The van der Waals surface area contributed by atoms with Gasteiger partial charge >= 0.3 is 11.9 Å². The number of carboxylic acids is 1. The van der Waals surface area contributed by atoms with Gasteiger partial charge < -0.3 is 14.7 Å². The fraction of sp³-hybridized carbons (Fsp3) is 0.727. The number of carboxylic acid groups (broad SMARTS) is 1. The minimum Gasteiger partial charge on any atom is -0.481 e. The van der Waals surface area contributed by atoms with Gasteiger partial charge in [-0.2, -0.15) is 0 Å². The van der Waals surface area contributed by atoms with Gasteiger partial charge in [0.1, 0.15) is 5.60 Å². The fourth-order valence-corrected chi connectivity index (χ4v) is 1.32. The average Bonchev–Trinajstić information content (AvgIpc) is 2.60. The maximum absolute atomic E-state index is 11.6. The van der Waals surface area contributed by atoms with Gasteiger partial charge in [0.25, 0.3) is 0 Å². The lowest BCUT2D eigenvalue weighted by atomic mass is 10.1. The smallest absolute Gasteiger partial charge is 0.351 e. The maximum atomic E-state index is 11.6. The minimum atomic E-state index is -0.895. The first-order valence-corrected chi connectivity index (χ1v) is 5.44. The number of aliphatic carboxylic acids is 1. The Balaban J connectivity index is 2.37. The van der Waals surface area contributed by atoms with Crippen LogP contribution in [0, 0.1) is 0 Å². The standard InChI is InChI=1S/C11H17NO5/c1-11(2,3)16-10(15)8-6-7(12-17-8)4-5-9(13)14/h8H,4-6H2,1-3H3,(H,13,14). The summed E-state index contributed by atoms with van der Waals surface area (Å²) in [6, 6.07) is 0. The van der Waals surface area contributed by atoms with Gasteiger partial charge in [0.15, 0.2) is 0 Å². The van der Waals surface area contributed by atoms with Crippen molar-refractivity contribution in [1.82, 2.24) is 0 Å². The van der Waals surface area contributed by atoms with Crippen molar-refractivity contribution in [2.24, 2.45) is 5.16 Å². The highest BCUT2D eigenvalue weighted by atomic mass is 16.7. The van der Waals surface area contributed by atoms with Crippen molar-refractivity contribution in [3.05, 3.63) is 0 Å². The van der Waals surface area contributed by atoms with Crippen molar-refractivity contribution < 1.29 is 24.3 Å². The number of oxime groups is 1. The van der Waals surface area contributed by atoms with Crippen molar-refractivity contribution in [3.8, 4) is 0 Å². The zero-order valence-corrected chi connectivity index (χ0v) is 10.2. The molecule has 1 unspecified atom stereocenters. The van der Waals surface area contributed by atoms with Gasteiger partial charge in [0.05, 0.1) is 12.1 Å². The molecule has 6 nitrogen and oxygen atoms in total. The molecule has 6 heteroatoms. The summed E-state index contributed by atoms with van der Waals surface area (Å²) in [7, 11) is 0. The summed E-state index contributed by atoms with van der Waals surface area (Å²) in [5.41, 5.74) is 0.0211. The molecule has 1 N–H and O–H groups in total. The lowest BCUT2D eigenvalue weighted by Gasteiger charge is -2.20. The first kappa shape index (κ1) is 13.5. The molecule has 1 aliphatic heterocycles. The summed E-state index contributed by atoms with van der Waals surface area (Å²) < 4.78 is 5.14. The summed E-state index contributed by atoms with van der Waals surface area (Å²) in [4.78, 5) is 26.9. The Kier molecular flexibility index (Phi) is 4.09. The van der Waals surface area contributed by atoms with E-state index in [1.165, 1.54) is 0 Å². The van der Waals surface area contributed by atoms with Gasteiger partial charge in [-0.25, -0.2) is 4.79 Å². The van der Waals surface area contributed by atoms with E-state index in [1.807, 2.05) is 0 Å². The molecule has 0 fully saturated rings. The quantitative estimate of drug-likeness (QED) is 0.753. The highest BCUT2D eigenvalue weighted by Crippen LogP contribution is 2.18. The van der Waals surface area contributed by atoms with E-state index in [4.69, 9.17) is 14.7 Å². The molecular weight excluding hydrogens is 226 g/mol. The third-order valence-corrected chi connectivity index (χ3v) is 2.03. The third-order valence-electron chi connectivity index (χ3n) is 2.03. The Morgan fingerprint density at radius 1 is 1.53 bits per heavy atom. The van der Waals surface area contributed by atoms with E-state index in [9.17, 15) is 9.59 Å². The third kappa shape index (κ3) is 4.84. The number of hydrogen-bond acceptors (Lipinski definition) is 5. The van der Waals surface area contributed by atoms with Gasteiger partial charge in [0.2, 0.25) is 6.10 Å². The molecule has 0 amide bonds. The van der Waals surface area contributed by atoms with E-state index in [0.717, 1.165) is 0 Å². The molecule has 1 atom stereocenters. The molecule has 0 aromatic heterocycles. The van der Waals surface area contributed by atoms with Crippen molar-refractivity contribution in [3.63, 3.8) is 0 Å². The number of rotatable bonds is 4. The number of carbonyl (C=O) groups excluding carboxylic acids is 1. The topological polar surface area (TPSA) is 85.2 Å². The van der Waals surface area contributed by atoms with Gasteiger partial charge in [0, 0.05) is 6.42 Å². The Morgan fingerprint density at radius 2 is 2.18 bits per heavy atom. The minimum absolute atomic E-state index is 0.0107. The number of carbonyl (C=O) groups is 2. The zero-order valence-electron chi connectivity index (χ0n) is 10.2. The first-order valence-electron chi connectivity index (χ1n) is 5.44. The molecule has 0 radical (unpaired) electrons. The lowest BCUT2D eigenvalue weighted by molar-refractivity contribution is -0.166. The molecule has 0 saturated heterocycles. The largest absolute Gasteiger partial charge is 0.481 e. The summed E-state index contributed by atoms with van der Waals surface area (Å²) in [6.07, 6.45) is -0.141. The molecule has 17 heavy (non-hydrogen) atoms. The van der Waals surface area contributed by atoms with E-state index in [2.05, 4.69) is 5.16 Å². The summed E-state index contributed by atoms with van der Waals surface area (Å²) in [5.74, 6) is -1.36. The molecule has 0 aromatic rings. The van der Waals surface area contributed by atoms with Gasteiger partial charge in [-0.1, -0.05) is 5.16 Å². The van der Waals surface area contributed by atoms with Crippen LogP contribution in [0.3, 0.4) is 0 Å².